The van der Waals surface area contributed by atoms with Crippen LogP contribution < -0.4 is 10.6 Å². The Morgan fingerprint density at radius 1 is 1.48 bits per heavy atom. The van der Waals surface area contributed by atoms with Crippen LogP contribution in [-0.4, -0.2) is 49.2 Å². The Labute approximate surface area is 157 Å². The Bertz CT molecular complexity index is 795. The van der Waals surface area contributed by atoms with Crippen molar-refractivity contribution in [2.75, 3.05) is 25.1 Å². The van der Waals surface area contributed by atoms with Crippen LogP contribution in [0.15, 0.2) is 35.4 Å². The fourth-order valence-corrected chi connectivity index (χ4v) is 2.89. The number of carbonyl (C=O) groups is 1. The normalized spacial score (nSPS) is 18.6. The van der Waals surface area contributed by atoms with Crippen molar-refractivity contribution >= 4 is 29.7 Å². The van der Waals surface area contributed by atoms with Gasteiger partial charge in [-0.2, -0.15) is 0 Å². The molecule has 3 N–H and O–H groups in total. The SMILES string of the molecule is CCOC(=O)c1cnc(/C(C=N)=C2\N=CC=CN2)cc1NC1CCOCC1. The molecule has 1 saturated heterocycles. The molecule has 0 bridgehead atoms. The van der Waals surface area contributed by atoms with E-state index in [-0.39, 0.29) is 12.6 Å². The predicted molar refractivity (Wildman–Crippen MR) is 104 cm³/mol. The van der Waals surface area contributed by atoms with Gasteiger partial charge in [0.1, 0.15) is 11.4 Å². The maximum Gasteiger partial charge on any atom is 0.341 e. The first-order valence-corrected chi connectivity index (χ1v) is 8.95. The van der Waals surface area contributed by atoms with Crippen LogP contribution in [0.1, 0.15) is 35.8 Å². The van der Waals surface area contributed by atoms with E-state index in [0.29, 0.717) is 41.6 Å². The van der Waals surface area contributed by atoms with E-state index in [9.17, 15) is 4.79 Å². The number of hydrogen-bond donors (Lipinski definition) is 3. The van der Waals surface area contributed by atoms with Gasteiger partial charge in [-0.05, 0) is 31.9 Å². The average molecular weight is 369 g/mol. The third kappa shape index (κ3) is 4.59. The Balaban J connectivity index is 1.97. The van der Waals surface area contributed by atoms with E-state index in [1.165, 1.54) is 12.4 Å². The van der Waals surface area contributed by atoms with Gasteiger partial charge in [-0.1, -0.05) is 0 Å². The largest absolute Gasteiger partial charge is 0.462 e. The number of aliphatic imine (C=N–C) groups is 1. The number of hydrogen-bond acceptors (Lipinski definition) is 8. The summed E-state index contributed by atoms with van der Waals surface area (Å²) in [6.45, 7) is 3.43. The Kier molecular flexibility index (Phi) is 6.32. The molecule has 0 aromatic carbocycles. The molecule has 2 aliphatic heterocycles. The highest BCUT2D eigenvalue weighted by Crippen LogP contribution is 2.25. The first-order chi connectivity index (χ1) is 13.2. The predicted octanol–water partition coefficient (Wildman–Crippen LogP) is 2.36. The van der Waals surface area contributed by atoms with Crippen LogP contribution in [0.3, 0.4) is 0 Å². The molecular weight excluding hydrogens is 346 g/mol. The van der Waals surface area contributed by atoms with E-state index in [0.717, 1.165) is 12.8 Å². The second kappa shape index (κ2) is 9.09. The van der Waals surface area contributed by atoms with Crippen molar-refractivity contribution in [3.05, 3.63) is 41.6 Å². The van der Waals surface area contributed by atoms with Crippen molar-refractivity contribution in [1.29, 1.82) is 5.41 Å². The summed E-state index contributed by atoms with van der Waals surface area (Å²) < 4.78 is 10.6. The van der Waals surface area contributed by atoms with Gasteiger partial charge in [0.05, 0.1) is 23.6 Å². The number of aromatic nitrogens is 1. The summed E-state index contributed by atoms with van der Waals surface area (Å²) in [5.74, 6) is 0.104. The number of ether oxygens (including phenoxy) is 2. The topological polar surface area (TPSA) is 109 Å². The quantitative estimate of drug-likeness (QED) is 0.525. The number of rotatable bonds is 6. The average Bonchev–Trinajstić information content (AvgIpc) is 2.70. The number of esters is 1. The van der Waals surface area contributed by atoms with E-state index >= 15 is 0 Å². The highest BCUT2D eigenvalue weighted by molar-refractivity contribution is 6.09. The molecule has 0 atom stereocenters. The van der Waals surface area contributed by atoms with Crippen molar-refractivity contribution < 1.29 is 14.3 Å². The number of nitrogens with zero attached hydrogens (tertiary/aromatic N) is 2. The Hall–Kier alpha value is -3.00. The van der Waals surface area contributed by atoms with E-state index in [1.54, 1.807) is 31.5 Å². The lowest BCUT2D eigenvalue weighted by Gasteiger charge is -2.25. The van der Waals surface area contributed by atoms with Gasteiger partial charge in [-0.15, -0.1) is 0 Å². The van der Waals surface area contributed by atoms with Gasteiger partial charge in [0.15, 0.2) is 0 Å². The van der Waals surface area contributed by atoms with E-state index in [2.05, 4.69) is 20.6 Å². The van der Waals surface area contributed by atoms with Crippen molar-refractivity contribution in [1.82, 2.24) is 10.3 Å². The zero-order valence-electron chi connectivity index (χ0n) is 15.2. The summed E-state index contributed by atoms with van der Waals surface area (Å²) in [4.78, 5) is 20.9. The first-order valence-electron chi connectivity index (χ1n) is 8.95. The van der Waals surface area contributed by atoms with Gasteiger partial charge in [0, 0.05) is 44.1 Å². The highest BCUT2D eigenvalue weighted by Gasteiger charge is 2.20. The lowest BCUT2D eigenvalue weighted by atomic mass is 10.1. The molecule has 0 radical (unpaired) electrons. The van der Waals surface area contributed by atoms with Crippen LogP contribution >= 0.6 is 0 Å². The Morgan fingerprint density at radius 3 is 2.96 bits per heavy atom. The maximum absolute atomic E-state index is 12.3. The molecule has 3 heterocycles. The molecule has 0 spiro atoms. The minimum absolute atomic E-state index is 0.201. The minimum Gasteiger partial charge on any atom is -0.462 e. The van der Waals surface area contributed by atoms with E-state index in [1.807, 2.05) is 0 Å². The van der Waals surface area contributed by atoms with Crippen LogP contribution in [0.25, 0.3) is 5.57 Å². The van der Waals surface area contributed by atoms with E-state index in [4.69, 9.17) is 14.9 Å². The van der Waals surface area contributed by atoms with Crippen LogP contribution in [0.4, 0.5) is 5.69 Å². The molecule has 1 aromatic rings. The van der Waals surface area contributed by atoms with Gasteiger partial charge in [0.25, 0.3) is 0 Å². The number of nitrogens with one attached hydrogen (secondary N) is 3. The Morgan fingerprint density at radius 2 is 2.30 bits per heavy atom. The van der Waals surface area contributed by atoms with Crippen LogP contribution in [0, 0.1) is 5.41 Å². The van der Waals surface area contributed by atoms with Crippen LogP contribution in [-0.2, 0) is 9.47 Å². The number of anilines is 1. The molecule has 0 amide bonds. The molecule has 8 heteroatoms. The van der Waals surface area contributed by atoms with Gasteiger partial charge in [-0.3, -0.25) is 4.98 Å². The molecule has 2 aliphatic rings. The molecule has 27 heavy (non-hydrogen) atoms. The second-order valence-electron chi connectivity index (χ2n) is 6.05. The lowest BCUT2D eigenvalue weighted by molar-refractivity contribution is 0.0527. The zero-order valence-corrected chi connectivity index (χ0v) is 15.2. The first kappa shape index (κ1) is 18.8. The molecule has 142 valence electrons. The molecule has 8 nitrogen and oxygen atoms in total. The smallest absolute Gasteiger partial charge is 0.341 e. The van der Waals surface area contributed by atoms with Gasteiger partial charge < -0.3 is 25.5 Å². The molecule has 0 aliphatic carbocycles. The van der Waals surface area contributed by atoms with Crippen molar-refractivity contribution in [3.63, 3.8) is 0 Å². The molecule has 0 saturated carbocycles. The van der Waals surface area contributed by atoms with Crippen LogP contribution in [0.2, 0.25) is 0 Å². The summed E-state index contributed by atoms with van der Waals surface area (Å²) in [6.07, 6.45) is 9.54. The summed E-state index contributed by atoms with van der Waals surface area (Å²) in [7, 11) is 0. The fraction of sp³-hybridized carbons (Fsp3) is 0.368. The highest BCUT2D eigenvalue weighted by atomic mass is 16.5. The summed E-state index contributed by atoms with van der Waals surface area (Å²) in [5.41, 5.74) is 2.09. The summed E-state index contributed by atoms with van der Waals surface area (Å²) >= 11 is 0. The molecule has 3 rings (SSSR count). The summed E-state index contributed by atoms with van der Waals surface area (Å²) in [6, 6.07) is 1.97. The molecule has 1 fully saturated rings. The van der Waals surface area contributed by atoms with Crippen molar-refractivity contribution in [2.24, 2.45) is 4.99 Å². The van der Waals surface area contributed by atoms with E-state index < -0.39 is 5.97 Å². The zero-order chi connectivity index (χ0) is 19.1. The third-order valence-electron chi connectivity index (χ3n) is 4.26. The number of allylic oxidation sites excluding steroid dienone is 2. The monoisotopic (exact) mass is 369 g/mol. The van der Waals surface area contributed by atoms with Gasteiger partial charge >= 0.3 is 5.97 Å². The van der Waals surface area contributed by atoms with Gasteiger partial charge in [-0.25, -0.2) is 9.79 Å². The summed E-state index contributed by atoms with van der Waals surface area (Å²) in [5, 5.41) is 14.2. The lowest BCUT2D eigenvalue weighted by Crippen LogP contribution is -2.29. The number of pyridine rings is 1. The fourth-order valence-electron chi connectivity index (χ4n) is 2.89. The number of carbonyl (C=O) groups excluding carboxylic acids is 1. The van der Waals surface area contributed by atoms with Gasteiger partial charge in [0.2, 0.25) is 0 Å². The standard InChI is InChI=1S/C19H23N5O3/c1-2-27-19(25)15-12-23-16(14(11-20)18-21-6-3-7-22-18)10-17(15)24-13-4-8-26-9-5-13/h3,6-7,10-13,20-21H,2,4-5,8-9H2,1H3,(H,23,24)/b18-14-,20-11?. The molecular formula is C19H23N5O3. The van der Waals surface area contributed by atoms with Crippen molar-refractivity contribution in [2.45, 2.75) is 25.8 Å². The molecule has 1 aromatic heterocycles. The van der Waals surface area contributed by atoms with Crippen molar-refractivity contribution in [3.8, 4) is 0 Å². The molecule has 0 unspecified atom stereocenters. The van der Waals surface area contributed by atoms with Crippen LogP contribution in [0.5, 0.6) is 0 Å². The minimum atomic E-state index is -0.424. The third-order valence-corrected chi connectivity index (χ3v) is 4.26. The second-order valence-corrected chi connectivity index (χ2v) is 6.05. The maximum atomic E-state index is 12.3.